The van der Waals surface area contributed by atoms with Crippen LogP contribution in [-0.4, -0.2) is 35.7 Å². The summed E-state index contributed by atoms with van der Waals surface area (Å²) < 4.78 is 0. The molecule has 0 aromatic heterocycles. The van der Waals surface area contributed by atoms with Gasteiger partial charge in [-0.1, -0.05) is 12.1 Å². The van der Waals surface area contributed by atoms with Crippen LogP contribution in [-0.2, 0) is 6.42 Å². The van der Waals surface area contributed by atoms with Gasteiger partial charge in [0.15, 0.2) is 0 Å². The van der Waals surface area contributed by atoms with Crippen molar-refractivity contribution in [2.75, 3.05) is 20.1 Å². The highest BCUT2D eigenvalue weighted by Crippen LogP contribution is 2.25. The monoisotopic (exact) mass is 230 g/mol. The maximum absolute atomic E-state index is 10.5. The van der Waals surface area contributed by atoms with E-state index in [1.165, 1.54) is 0 Å². The summed E-state index contributed by atoms with van der Waals surface area (Å²) >= 11 is 0. The minimum Gasteiger partial charge on any atom is -0.389 e. The van der Waals surface area contributed by atoms with Gasteiger partial charge in [0.25, 0.3) is 0 Å². The molecule has 1 aliphatic rings. The Morgan fingerprint density at radius 2 is 2.12 bits per heavy atom. The third-order valence-electron chi connectivity index (χ3n) is 3.51. The molecule has 0 aliphatic carbocycles. The van der Waals surface area contributed by atoms with Crippen molar-refractivity contribution in [3.05, 3.63) is 35.4 Å². The SMILES string of the molecule is CN1CCC(O)(Cc2cccc(C#N)c2)CC1. The van der Waals surface area contributed by atoms with Crippen LogP contribution in [0.1, 0.15) is 24.0 Å². The number of likely N-dealkylation sites (tertiary alicyclic amines) is 1. The van der Waals surface area contributed by atoms with E-state index in [4.69, 9.17) is 5.26 Å². The molecule has 1 saturated heterocycles. The molecule has 3 heteroatoms. The topological polar surface area (TPSA) is 47.3 Å². The minimum absolute atomic E-state index is 0.597. The van der Waals surface area contributed by atoms with Crippen LogP contribution in [0.5, 0.6) is 0 Å². The molecule has 90 valence electrons. The van der Waals surface area contributed by atoms with Gasteiger partial charge >= 0.3 is 0 Å². The Hall–Kier alpha value is -1.37. The van der Waals surface area contributed by atoms with Crippen molar-refractivity contribution in [2.45, 2.75) is 24.9 Å². The van der Waals surface area contributed by atoms with Gasteiger partial charge in [-0.15, -0.1) is 0 Å². The van der Waals surface area contributed by atoms with Gasteiger partial charge in [0.05, 0.1) is 17.2 Å². The number of hydrogen-bond acceptors (Lipinski definition) is 3. The summed E-state index contributed by atoms with van der Waals surface area (Å²) in [6.45, 7) is 1.88. The molecule has 0 unspecified atom stereocenters. The fourth-order valence-electron chi connectivity index (χ4n) is 2.34. The largest absolute Gasteiger partial charge is 0.389 e. The van der Waals surface area contributed by atoms with Crippen LogP contribution in [0.25, 0.3) is 0 Å². The van der Waals surface area contributed by atoms with Crippen molar-refractivity contribution in [1.82, 2.24) is 4.90 Å². The Bertz CT molecular complexity index is 428. The van der Waals surface area contributed by atoms with E-state index in [0.717, 1.165) is 31.5 Å². The van der Waals surface area contributed by atoms with E-state index in [1.54, 1.807) is 6.07 Å². The van der Waals surface area contributed by atoms with Crippen molar-refractivity contribution in [2.24, 2.45) is 0 Å². The van der Waals surface area contributed by atoms with E-state index in [9.17, 15) is 5.11 Å². The molecule has 1 N–H and O–H groups in total. The lowest BCUT2D eigenvalue weighted by molar-refractivity contribution is -0.0150. The van der Waals surface area contributed by atoms with Crippen LogP contribution in [0.4, 0.5) is 0 Å². The first-order chi connectivity index (χ1) is 8.11. The zero-order chi connectivity index (χ0) is 12.3. The first-order valence-electron chi connectivity index (χ1n) is 6.01. The number of nitrogens with zero attached hydrogens (tertiary/aromatic N) is 2. The Balaban J connectivity index is 2.07. The maximum atomic E-state index is 10.5. The predicted molar refractivity (Wildman–Crippen MR) is 66.5 cm³/mol. The highest BCUT2D eigenvalue weighted by Gasteiger charge is 2.31. The Kier molecular flexibility index (Phi) is 3.46. The van der Waals surface area contributed by atoms with Crippen molar-refractivity contribution in [3.8, 4) is 6.07 Å². The average Bonchev–Trinajstić information content (AvgIpc) is 2.33. The van der Waals surface area contributed by atoms with Crippen molar-refractivity contribution >= 4 is 0 Å². The van der Waals surface area contributed by atoms with Gasteiger partial charge in [0.2, 0.25) is 0 Å². The molecule has 0 saturated carbocycles. The van der Waals surface area contributed by atoms with Crippen LogP contribution in [0.3, 0.4) is 0 Å². The third kappa shape index (κ3) is 3.06. The molecule has 3 nitrogen and oxygen atoms in total. The summed E-state index contributed by atoms with van der Waals surface area (Å²) in [5, 5.41) is 19.3. The van der Waals surface area contributed by atoms with Crippen LogP contribution in [0, 0.1) is 11.3 Å². The van der Waals surface area contributed by atoms with Crippen molar-refractivity contribution in [3.63, 3.8) is 0 Å². The van der Waals surface area contributed by atoms with Crippen molar-refractivity contribution < 1.29 is 5.11 Å². The highest BCUT2D eigenvalue weighted by atomic mass is 16.3. The number of piperidine rings is 1. The first-order valence-corrected chi connectivity index (χ1v) is 6.01. The number of nitriles is 1. The fraction of sp³-hybridized carbons (Fsp3) is 0.500. The summed E-state index contributed by atoms with van der Waals surface area (Å²) in [6.07, 6.45) is 2.26. The summed E-state index contributed by atoms with van der Waals surface area (Å²) in [7, 11) is 2.08. The molecule has 17 heavy (non-hydrogen) atoms. The normalized spacial score (nSPS) is 19.8. The molecule has 0 radical (unpaired) electrons. The summed E-state index contributed by atoms with van der Waals surface area (Å²) in [4.78, 5) is 2.24. The Morgan fingerprint density at radius 3 is 2.76 bits per heavy atom. The zero-order valence-corrected chi connectivity index (χ0v) is 10.2. The molecule has 0 spiro atoms. The fourth-order valence-corrected chi connectivity index (χ4v) is 2.34. The molecule has 0 atom stereocenters. The minimum atomic E-state index is -0.597. The van der Waals surface area contributed by atoms with Crippen LogP contribution in [0.2, 0.25) is 0 Å². The number of benzene rings is 1. The van der Waals surface area contributed by atoms with E-state index >= 15 is 0 Å². The van der Waals surface area contributed by atoms with Gasteiger partial charge in [0.1, 0.15) is 0 Å². The van der Waals surface area contributed by atoms with Crippen LogP contribution < -0.4 is 0 Å². The molecular weight excluding hydrogens is 212 g/mol. The summed E-state index contributed by atoms with van der Waals surface area (Å²) in [6, 6.07) is 9.66. The van der Waals surface area contributed by atoms with Gasteiger partial charge in [-0.2, -0.15) is 5.26 Å². The van der Waals surface area contributed by atoms with E-state index in [2.05, 4.69) is 18.0 Å². The lowest BCUT2D eigenvalue weighted by Crippen LogP contribution is -2.44. The predicted octanol–water partition coefficient (Wildman–Crippen LogP) is 1.56. The molecule has 2 rings (SSSR count). The molecule has 1 aromatic rings. The summed E-state index contributed by atoms with van der Waals surface area (Å²) in [5.74, 6) is 0. The van der Waals surface area contributed by atoms with E-state index < -0.39 is 5.60 Å². The molecule has 1 fully saturated rings. The maximum Gasteiger partial charge on any atom is 0.0991 e. The number of hydrogen-bond donors (Lipinski definition) is 1. The van der Waals surface area contributed by atoms with E-state index in [0.29, 0.717) is 12.0 Å². The lowest BCUT2D eigenvalue weighted by Gasteiger charge is -2.36. The van der Waals surface area contributed by atoms with E-state index in [-0.39, 0.29) is 0 Å². The van der Waals surface area contributed by atoms with Gasteiger partial charge in [0, 0.05) is 19.5 Å². The Morgan fingerprint density at radius 1 is 1.41 bits per heavy atom. The Labute approximate surface area is 102 Å². The third-order valence-corrected chi connectivity index (χ3v) is 3.51. The molecule has 1 aromatic carbocycles. The molecule has 1 aliphatic heterocycles. The van der Waals surface area contributed by atoms with Gasteiger partial charge in [-0.3, -0.25) is 0 Å². The van der Waals surface area contributed by atoms with Gasteiger partial charge in [-0.05, 0) is 37.6 Å². The average molecular weight is 230 g/mol. The van der Waals surface area contributed by atoms with Gasteiger partial charge < -0.3 is 10.0 Å². The highest BCUT2D eigenvalue weighted by molar-refractivity contribution is 5.33. The number of rotatable bonds is 2. The molecular formula is C14H18N2O. The first kappa shape index (κ1) is 12.1. The smallest absolute Gasteiger partial charge is 0.0991 e. The molecule has 1 heterocycles. The van der Waals surface area contributed by atoms with E-state index in [1.807, 2.05) is 18.2 Å². The van der Waals surface area contributed by atoms with Crippen LogP contribution in [0.15, 0.2) is 24.3 Å². The standard InChI is InChI=1S/C14H18N2O/c1-16-7-5-14(17,6-8-16)10-12-3-2-4-13(9-12)11-15/h2-4,9,17H,5-8,10H2,1H3. The lowest BCUT2D eigenvalue weighted by atomic mass is 9.85. The molecule has 0 amide bonds. The second kappa shape index (κ2) is 4.87. The summed E-state index contributed by atoms with van der Waals surface area (Å²) in [5.41, 5.74) is 1.12. The van der Waals surface area contributed by atoms with Crippen LogP contribution >= 0.6 is 0 Å². The van der Waals surface area contributed by atoms with Gasteiger partial charge in [-0.25, -0.2) is 0 Å². The zero-order valence-electron chi connectivity index (χ0n) is 10.2. The second-order valence-electron chi connectivity index (χ2n) is 5.02. The quantitative estimate of drug-likeness (QED) is 0.838. The van der Waals surface area contributed by atoms with Crippen molar-refractivity contribution in [1.29, 1.82) is 5.26 Å². The second-order valence-corrected chi connectivity index (χ2v) is 5.02. The molecule has 0 bridgehead atoms. The number of aliphatic hydroxyl groups is 1.